The highest BCUT2D eigenvalue weighted by atomic mass is 35.5. The molecule has 2 aromatic heterocycles. The number of aromatic nitrogens is 3. The minimum Gasteiger partial charge on any atom is -0.334 e. The highest BCUT2D eigenvalue weighted by Gasteiger charge is 2.13. The van der Waals surface area contributed by atoms with Crippen molar-refractivity contribution in [2.75, 3.05) is 0 Å². The first kappa shape index (κ1) is 13.2. The summed E-state index contributed by atoms with van der Waals surface area (Å²) in [6, 6.07) is 9.42. The second kappa shape index (κ2) is 5.31. The Morgan fingerprint density at radius 3 is 2.81 bits per heavy atom. The van der Waals surface area contributed by atoms with E-state index < -0.39 is 5.82 Å². The topological polar surface area (TPSA) is 75.6 Å². The van der Waals surface area contributed by atoms with Crippen molar-refractivity contribution in [3.05, 3.63) is 52.9 Å². The highest BCUT2D eigenvalue weighted by molar-refractivity contribution is 6.31. The summed E-state index contributed by atoms with van der Waals surface area (Å²) in [6.07, 6.45) is 1.07. The number of nitrogens with zero attached hydrogens (tertiary/aromatic N) is 4. The maximum absolute atomic E-state index is 12.8. The minimum atomic E-state index is -0.448. The van der Waals surface area contributed by atoms with E-state index in [2.05, 4.69) is 15.1 Å². The van der Waals surface area contributed by atoms with Crippen molar-refractivity contribution in [2.45, 2.75) is 0 Å². The van der Waals surface area contributed by atoms with Crippen molar-refractivity contribution >= 4 is 11.6 Å². The molecular formula is C14H6ClFN4O. The quantitative estimate of drug-likeness (QED) is 0.724. The van der Waals surface area contributed by atoms with Crippen molar-refractivity contribution in [1.29, 1.82) is 5.26 Å². The summed E-state index contributed by atoms with van der Waals surface area (Å²) in [4.78, 5) is 8.03. The lowest BCUT2D eigenvalue weighted by atomic mass is 10.1. The average molecular weight is 301 g/mol. The van der Waals surface area contributed by atoms with Crippen LogP contribution in [0.25, 0.3) is 23.0 Å². The lowest BCUT2D eigenvalue weighted by Gasteiger charge is -1.96. The number of benzene rings is 1. The van der Waals surface area contributed by atoms with Gasteiger partial charge in [0.05, 0.1) is 17.8 Å². The SMILES string of the molecule is N#Cc1cc(Cl)cc(-c2nc(-c3ccc(F)cn3)no2)c1. The molecule has 1 aromatic carbocycles. The Kier molecular flexibility index (Phi) is 3.34. The van der Waals surface area contributed by atoms with Crippen molar-refractivity contribution in [2.24, 2.45) is 0 Å². The molecule has 3 rings (SSSR count). The summed E-state index contributed by atoms with van der Waals surface area (Å²) in [6.45, 7) is 0. The predicted molar refractivity (Wildman–Crippen MR) is 72.6 cm³/mol. The molecule has 0 atom stereocenters. The summed E-state index contributed by atoms with van der Waals surface area (Å²) in [7, 11) is 0. The Hall–Kier alpha value is -2.78. The van der Waals surface area contributed by atoms with Crippen LogP contribution in [0.5, 0.6) is 0 Å². The molecule has 0 aliphatic rings. The van der Waals surface area contributed by atoms with Gasteiger partial charge in [-0.1, -0.05) is 16.8 Å². The second-order valence-electron chi connectivity index (χ2n) is 4.13. The van der Waals surface area contributed by atoms with Gasteiger partial charge in [-0.2, -0.15) is 10.2 Å². The van der Waals surface area contributed by atoms with Gasteiger partial charge in [0.15, 0.2) is 0 Å². The molecule has 0 fully saturated rings. The summed E-state index contributed by atoms with van der Waals surface area (Å²) in [5.74, 6) is -0.0189. The second-order valence-corrected chi connectivity index (χ2v) is 4.56. The van der Waals surface area contributed by atoms with Gasteiger partial charge < -0.3 is 4.52 Å². The summed E-state index contributed by atoms with van der Waals surface area (Å²) in [5, 5.41) is 13.1. The van der Waals surface area contributed by atoms with E-state index in [1.54, 1.807) is 12.1 Å². The molecule has 0 radical (unpaired) electrons. The van der Waals surface area contributed by atoms with E-state index in [-0.39, 0.29) is 11.7 Å². The minimum absolute atomic E-state index is 0.204. The molecule has 0 aliphatic heterocycles. The lowest BCUT2D eigenvalue weighted by Crippen LogP contribution is -1.87. The van der Waals surface area contributed by atoms with Crippen LogP contribution in [0, 0.1) is 17.1 Å². The molecule has 2 heterocycles. The van der Waals surface area contributed by atoms with Crippen LogP contribution in [-0.4, -0.2) is 15.1 Å². The Bertz CT molecular complexity index is 839. The molecule has 21 heavy (non-hydrogen) atoms. The first-order chi connectivity index (χ1) is 10.2. The smallest absolute Gasteiger partial charge is 0.258 e. The first-order valence-corrected chi connectivity index (χ1v) is 6.20. The molecule has 7 heteroatoms. The number of nitriles is 1. The van der Waals surface area contributed by atoms with E-state index in [0.717, 1.165) is 6.20 Å². The summed E-state index contributed by atoms with van der Waals surface area (Å²) >= 11 is 5.92. The van der Waals surface area contributed by atoms with E-state index in [1.165, 1.54) is 18.2 Å². The molecular weight excluding hydrogens is 295 g/mol. The molecule has 0 spiro atoms. The Morgan fingerprint density at radius 2 is 2.10 bits per heavy atom. The number of hydrogen-bond acceptors (Lipinski definition) is 5. The Morgan fingerprint density at radius 1 is 1.24 bits per heavy atom. The zero-order chi connectivity index (χ0) is 14.8. The van der Waals surface area contributed by atoms with Crippen LogP contribution in [0.3, 0.4) is 0 Å². The molecule has 0 N–H and O–H groups in total. The fourth-order valence-corrected chi connectivity index (χ4v) is 1.97. The van der Waals surface area contributed by atoms with Gasteiger partial charge in [-0.15, -0.1) is 0 Å². The van der Waals surface area contributed by atoms with Gasteiger partial charge >= 0.3 is 0 Å². The van der Waals surface area contributed by atoms with Gasteiger partial charge in [0.25, 0.3) is 5.89 Å². The van der Waals surface area contributed by atoms with E-state index >= 15 is 0 Å². The van der Waals surface area contributed by atoms with Crippen LogP contribution in [0.15, 0.2) is 41.1 Å². The van der Waals surface area contributed by atoms with Crippen LogP contribution in [0.4, 0.5) is 4.39 Å². The number of rotatable bonds is 2. The lowest BCUT2D eigenvalue weighted by molar-refractivity contribution is 0.432. The van der Waals surface area contributed by atoms with Crippen molar-refractivity contribution in [3.8, 4) is 29.0 Å². The third-order valence-corrected chi connectivity index (χ3v) is 2.87. The Labute approximate surface area is 123 Å². The molecule has 0 saturated carbocycles. The van der Waals surface area contributed by atoms with E-state index in [4.69, 9.17) is 21.4 Å². The van der Waals surface area contributed by atoms with Crippen LogP contribution in [0.2, 0.25) is 5.02 Å². The van der Waals surface area contributed by atoms with Crippen LogP contribution >= 0.6 is 11.6 Å². The molecule has 0 saturated heterocycles. The monoisotopic (exact) mass is 300 g/mol. The van der Waals surface area contributed by atoms with Gasteiger partial charge in [0, 0.05) is 10.6 Å². The average Bonchev–Trinajstić information content (AvgIpc) is 2.97. The largest absolute Gasteiger partial charge is 0.334 e. The molecule has 0 aliphatic carbocycles. The standard InChI is InChI=1S/C14H6ClFN4O/c15-10-4-8(6-17)3-9(5-10)14-19-13(20-21-14)12-2-1-11(16)7-18-12/h1-5,7H. The number of hydrogen-bond donors (Lipinski definition) is 0. The number of halogens is 2. The fourth-order valence-electron chi connectivity index (χ4n) is 1.73. The van der Waals surface area contributed by atoms with Crippen LogP contribution in [-0.2, 0) is 0 Å². The van der Waals surface area contributed by atoms with E-state index in [0.29, 0.717) is 21.8 Å². The third-order valence-electron chi connectivity index (χ3n) is 2.66. The molecule has 0 unspecified atom stereocenters. The first-order valence-electron chi connectivity index (χ1n) is 5.82. The maximum Gasteiger partial charge on any atom is 0.258 e. The normalized spacial score (nSPS) is 10.3. The number of pyridine rings is 1. The molecule has 0 amide bonds. The van der Waals surface area contributed by atoms with E-state index in [9.17, 15) is 4.39 Å². The zero-order valence-electron chi connectivity index (χ0n) is 10.4. The van der Waals surface area contributed by atoms with E-state index in [1.807, 2.05) is 6.07 Å². The van der Waals surface area contributed by atoms with Crippen molar-refractivity contribution in [3.63, 3.8) is 0 Å². The third kappa shape index (κ3) is 2.73. The maximum atomic E-state index is 12.8. The van der Waals surface area contributed by atoms with Gasteiger partial charge in [0.1, 0.15) is 11.5 Å². The highest BCUT2D eigenvalue weighted by Crippen LogP contribution is 2.25. The zero-order valence-corrected chi connectivity index (χ0v) is 11.2. The summed E-state index contributed by atoms with van der Waals surface area (Å²) in [5.41, 5.74) is 1.30. The van der Waals surface area contributed by atoms with Crippen molar-refractivity contribution in [1.82, 2.24) is 15.1 Å². The fraction of sp³-hybridized carbons (Fsp3) is 0. The van der Waals surface area contributed by atoms with Crippen LogP contribution < -0.4 is 0 Å². The predicted octanol–water partition coefficient (Wildman–Crippen LogP) is 3.46. The van der Waals surface area contributed by atoms with Gasteiger partial charge in [-0.05, 0) is 30.3 Å². The van der Waals surface area contributed by atoms with Gasteiger partial charge in [-0.25, -0.2) is 9.37 Å². The van der Waals surface area contributed by atoms with Crippen LogP contribution in [0.1, 0.15) is 5.56 Å². The molecule has 102 valence electrons. The molecule has 3 aromatic rings. The van der Waals surface area contributed by atoms with Crippen molar-refractivity contribution < 1.29 is 8.91 Å². The van der Waals surface area contributed by atoms with Gasteiger partial charge in [-0.3, -0.25) is 0 Å². The molecule has 5 nitrogen and oxygen atoms in total. The van der Waals surface area contributed by atoms with Gasteiger partial charge in [0.2, 0.25) is 5.82 Å². The summed E-state index contributed by atoms with van der Waals surface area (Å²) < 4.78 is 18.0. The molecule has 0 bridgehead atoms. The Balaban J connectivity index is 2.00.